The number of furan rings is 1. The number of tetrazole rings is 1. The van der Waals surface area contributed by atoms with Gasteiger partial charge in [-0.2, -0.15) is 0 Å². The van der Waals surface area contributed by atoms with E-state index < -0.39 is 0 Å². The van der Waals surface area contributed by atoms with E-state index in [1.165, 1.54) is 11.8 Å². The van der Waals surface area contributed by atoms with Crippen molar-refractivity contribution in [1.29, 1.82) is 0 Å². The zero-order valence-electron chi connectivity index (χ0n) is 13.2. The van der Waals surface area contributed by atoms with Crippen molar-refractivity contribution >= 4 is 23.5 Å². The van der Waals surface area contributed by atoms with E-state index in [4.69, 9.17) is 8.94 Å². The first-order valence-corrected chi connectivity index (χ1v) is 8.23. The molecule has 3 heterocycles. The zero-order valence-corrected chi connectivity index (χ0v) is 14.0. The van der Waals surface area contributed by atoms with E-state index in [0.717, 1.165) is 5.76 Å². The Kier molecular flexibility index (Phi) is 4.94. The molecule has 0 fully saturated rings. The number of carbonyl (C=O) groups excluding carboxylic acids is 1. The first-order chi connectivity index (χ1) is 11.7. The fraction of sp³-hybridized carbons (Fsp3) is 0.357. The van der Waals surface area contributed by atoms with Crippen LogP contribution in [0.1, 0.15) is 24.9 Å². The van der Waals surface area contributed by atoms with Crippen molar-refractivity contribution in [2.45, 2.75) is 37.2 Å². The standard InChI is InChI=1S/C14H16N6O3S/c1-3-11(13(21)15-12-7-9(2)23-17-12)24-14-16-18-19-20(14)8-10-5-4-6-22-10/h4-7,11H,3,8H2,1-2H3,(H,15,17,21). The number of amides is 1. The molecule has 0 saturated heterocycles. The van der Waals surface area contributed by atoms with Gasteiger partial charge in [-0.1, -0.05) is 23.8 Å². The summed E-state index contributed by atoms with van der Waals surface area (Å²) in [5.41, 5.74) is 0. The molecule has 0 aliphatic rings. The third-order valence-corrected chi connectivity index (χ3v) is 4.51. The van der Waals surface area contributed by atoms with Gasteiger partial charge in [0.25, 0.3) is 0 Å². The molecule has 1 amide bonds. The summed E-state index contributed by atoms with van der Waals surface area (Å²) in [7, 11) is 0. The number of hydrogen-bond acceptors (Lipinski definition) is 8. The molecular weight excluding hydrogens is 332 g/mol. The summed E-state index contributed by atoms with van der Waals surface area (Å²) < 4.78 is 11.8. The van der Waals surface area contributed by atoms with Gasteiger partial charge >= 0.3 is 0 Å². The van der Waals surface area contributed by atoms with E-state index in [1.807, 2.05) is 13.0 Å². The molecule has 1 unspecified atom stereocenters. The molecule has 1 N–H and O–H groups in total. The Morgan fingerprint density at radius 3 is 3.04 bits per heavy atom. The highest BCUT2D eigenvalue weighted by Gasteiger charge is 2.22. The second kappa shape index (κ2) is 7.30. The van der Waals surface area contributed by atoms with Crippen LogP contribution < -0.4 is 5.32 Å². The monoisotopic (exact) mass is 348 g/mol. The van der Waals surface area contributed by atoms with Crippen LogP contribution in [0.5, 0.6) is 0 Å². The molecule has 126 valence electrons. The summed E-state index contributed by atoms with van der Waals surface area (Å²) >= 11 is 1.29. The van der Waals surface area contributed by atoms with Crippen LogP contribution in [-0.2, 0) is 11.3 Å². The Morgan fingerprint density at radius 2 is 2.38 bits per heavy atom. The van der Waals surface area contributed by atoms with Gasteiger partial charge in [-0.15, -0.1) is 5.10 Å². The summed E-state index contributed by atoms with van der Waals surface area (Å²) in [5.74, 6) is 1.59. The molecule has 0 bridgehead atoms. The summed E-state index contributed by atoms with van der Waals surface area (Å²) in [5, 5.41) is 18.3. The van der Waals surface area contributed by atoms with Gasteiger partial charge in [0.2, 0.25) is 11.1 Å². The van der Waals surface area contributed by atoms with Crippen LogP contribution in [0.25, 0.3) is 0 Å². The predicted octanol–water partition coefficient (Wildman–Crippen LogP) is 2.12. The maximum Gasteiger partial charge on any atom is 0.239 e. The normalized spacial score (nSPS) is 12.2. The van der Waals surface area contributed by atoms with Crippen LogP contribution in [0.2, 0.25) is 0 Å². The molecule has 0 spiro atoms. The summed E-state index contributed by atoms with van der Waals surface area (Å²) in [4.78, 5) is 12.4. The molecule has 3 rings (SSSR count). The molecule has 0 saturated carbocycles. The lowest BCUT2D eigenvalue weighted by Gasteiger charge is -2.12. The number of nitrogens with zero attached hydrogens (tertiary/aromatic N) is 5. The van der Waals surface area contributed by atoms with Crippen molar-refractivity contribution in [3.63, 3.8) is 0 Å². The lowest BCUT2D eigenvalue weighted by molar-refractivity contribution is -0.115. The van der Waals surface area contributed by atoms with Crippen molar-refractivity contribution in [1.82, 2.24) is 25.4 Å². The molecule has 0 aliphatic heterocycles. The molecule has 10 heteroatoms. The Bertz CT molecular complexity index is 797. The highest BCUT2D eigenvalue weighted by atomic mass is 32.2. The minimum atomic E-state index is -0.358. The van der Waals surface area contributed by atoms with Gasteiger partial charge in [-0.05, 0) is 35.9 Å². The van der Waals surface area contributed by atoms with E-state index in [9.17, 15) is 4.79 Å². The Hall–Kier alpha value is -2.62. The molecule has 24 heavy (non-hydrogen) atoms. The minimum absolute atomic E-state index is 0.177. The van der Waals surface area contributed by atoms with Gasteiger partial charge in [-0.25, -0.2) is 4.68 Å². The van der Waals surface area contributed by atoms with Crippen LogP contribution in [0.15, 0.2) is 38.6 Å². The van der Waals surface area contributed by atoms with Crippen molar-refractivity contribution in [3.05, 3.63) is 36.0 Å². The number of hydrogen-bond donors (Lipinski definition) is 1. The maximum absolute atomic E-state index is 12.4. The van der Waals surface area contributed by atoms with Gasteiger partial charge in [0.15, 0.2) is 5.82 Å². The Balaban J connectivity index is 1.67. The third kappa shape index (κ3) is 3.82. The minimum Gasteiger partial charge on any atom is -0.467 e. The van der Waals surface area contributed by atoms with E-state index in [-0.39, 0.29) is 11.2 Å². The second-order valence-corrected chi connectivity index (χ2v) is 6.20. The number of anilines is 1. The van der Waals surface area contributed by atoms with E-state index in [2.05, 4.69) is 26.0 Å². The van der Waals surface area contributed by atoms with E-state index in [1.54, 1.807) is 30.0 Å². The topological polar surface area (TPSA) is 112 Å². The van der Waals surface area contributed by atoms with Gasteiger partial charge in [0.1, 0.15) is 18.1 Å². The SMILES string of the molecule is CCC(Sc1nnnn1Cc1ccco1)C(=O)Nc1cc(C)on1. The number of aromatic nitrogens is 5. The predicted molar refractivity (Wildman–Crippen MR) is 85.4 cm³/mol. The Labute approximate surface area is 141 Å². The molecule has 9 nitrogen and oxygen atoms in total. The maximum atomic E-state index is 12.4. The molecule has 1 atom stereocenters. The largest absolute Gasteiger partial charge is 0.467 e. The van der Waals surface area contributed by atoms with Crippen LogP contribution >= 0.6 is 11.8 Å². The number of aryl methyl sites for hydroxylation is 1. The van der Waals surface area contributed by atoms with Crippen LogP contribution in [0, 0.1) is 6.92 Å². The molecule has 0 radical (unpaired) electrons. The second-order valence-electron chi connectivity index (χ2n) is 5.03. The van der Waals surface area contributed by atoms with Crippen molar-refractivity contribution in [2.24, 2.45) is 0 Å². The number of carbonyl (C=O) groups is 1. The van der Waals surface area contributed by atoms with E-state index in [0.29, 0.717) is 29.7 Å². The average Bonchev–Trinajstić information content (AvgIpc) is 3.29. The number of nitrogens with one attached hydrogen (secondary N) is 1. The van der Waals surface area contributed by atoms with E-state index >= 15 is 0 Å². The smallest absolute Gasteiger partial charge is 0.239 e. The van der Waals surface area contributed by atoms with Crippen LogP contribution in [0.3, 0.4) is 0 Å². The fourth-order valence-electron chi connectivity index (χ4n) is 2.01. The Morgan fingerprint density at radius 1 is 1.50 bits per heavy atom. The van der Waals surface area contributed by atoms with Crippen LogP contribution in [-0.4, -0.2) is 36.5 Å². The third-order valence-electron chi connectivity index (χ3n) is 3.17. The molecule has 3 aromatic heterocycles. The lowest BCUT2D eigenvalue weighted by atomic mass is 10.3. The average molecular weight is 348 g/mol. The number of rotatable bonds is 7. The molecule has 0 aliphatic carbocycles. The molecule has 0 aromatic carbocycles. The van der Waals surface area contributed by atoms with Gasteiger partial charge in [0, 0.05) is 6.07 Å². The lowest BCUT2D eigenvalue weighted by Crippen LogP contribution is -2.25. The number of thioether (sulfide) groups is 1. The summed E-state index contributed by atoms with van der Waals surface area (Å²) in [6, 6.07) is 5.30. The van der Waals surface area contributed by atoms with Gasteiger partial charge < -0.3 is 14.3 Å². The van der Waals surface area contributed by atoms with Crippen molar-refractivity contribution < 1.29 is 13.7 Å². The van der Waals surface area contributed by atoms with Crippen molar-refractivity contribution in [3.8, 4) is 0 Å². The van der Waals surface area contributed by atoms with Crippen molar-refractivity contribution in [2.75, 3.05) is 5.32 Å². The first-order valence-electron chi connectivity index (χ1n) is 7.35. The van der Waals surface area contributed by atoms with Gasteiger partial charge in [-0.3, -0.25) is 4.79 Å². The summed E-state index contributed by atoms with van der Waals surface area (Å²) in [6.45, 7) is 4.09. The quantitative estimate of drug-likeness (QED) is 0.646. The zero-order chi connectivity index (χ0) is 16.9. The van der Waals surface area contributed by atoms with Crippen LogP contribution in [0.4, 0.5) is 5.82 Å². The molecule has 3 aromatic rings. The fourth-order valence-corrected chi connectivity index (χ4v) is 2.91. The highest BCUT2D eigenvalue weighted by Crippen LogP contribution is 2.24. The molecular formula is C14H16N6O3S. The first kappa shape index (κ1) is 16.2. The summed E-state index contributed by atoms with van der Waals surface area (Å²) in [6.07, 6.45) is 2.20. The van der Waals surface area contributed by atoms with Gasteiger partial charge in [0.05, 0.1) is 11.5 Å². The highest BCUT2D eigenvalue weighted by molar-refractivity contribution is 8.00.